The highest BCUT2D eigenvalue weighted by atomic mass is 16.5. The molecule has 2 aromatic rings. The number of rotatable bonds is 6. The zero-order chi connectivity index (χ0) is 13.5. The molecule has 0 aliphatic heterocycles. The number of hydrogen-bond acceptors (Lipinski definition) is 3. The highest BCUT2D eigenvalue weighted by Gasteiger charge is 1.99. The summed E-state index contributed by atoms with van der Waals surface area (Å²) in [6.07, 6.45) is 0. The number of para-hydroxylation sites is 1. The smallest absolute Gasteiger partial charge is 0.248 e. The van der Waals surface area contributed by atoms with E-state index in [1.165, 1.54) is 0 Å². The Kier molecular flexibility index (Phi) is 4.39. The van der Waals surface area contributed by atoms with E-state index in [1.807, 2.05) is 42.5 Å². The third-order valence-corrected chi connectivity index (χ3v) is 2.61. The van der Waals surface area contributed by atoms with Crippen molar-refractivity contribution >= 4 is 11.6 Å². The molecule has 3 N–H and O–H groups in total. The molecule has 4 heteroatoms. The van der Waals surface area contributed by atoms with E-state index in [-0.39, 0.29) is 0 Å². The van der Waals surface area contributed by atoms with Crippen molar-refractivity contribution in [3.05, 3.63) is 60.2 Å². The molecule has 2 aromatic carbocycles. The van der Waals surface area contributed by atoms with Crippen LogP contribution in [-0.2, 0) is 0 Å². The summed E-state index contributed by atoms with van der Waals surface area (Å²) in [5, 5.41) is 3.20. The van der Waals surface area contributed by atoms with Crippen molar-refractivity contribution in [3.63, 3.8) is 0 Å². The summed E-state index contributed by atoms with van der Waals surface area (Å²) in [4.78, 5) is 10.9. The molecule has 0 saturated heterocycles. The molecular formula is C15H16N2O2. The van der Waals surface area contributed by atoms with Crippen molar-refractivity contribution in [1.29, 1.82) is 0 Å². The molecule has 0 saturated carbocycles. The van der Waals surface area contributed by atoms with Crippen molar-refractivity contribution in [2.75, 3.05) is 18.5 Å². The monoisotopic (exact) mass is 256 g/mol. The van der Waals surface area contributed by atoms with Crippen LogP contribution in [0.25, 0.3) is 0 Å². The Hall–Kier alpha value is -2.49. The SMILES string of the molecule is NC(=O)c1ccc(NCCOc2ccccc2)cc1. The van der Waals surface area contributed by atoms with E-state index in [4.69, 9.17) is 10.5 Å². The normalized spacial score (nSPS) is 9.89. The predicted octanol–water partition coefficient (Wildman–Crippen LogP) is 2.28. The second-order valence-corrected chi connectivity index (χ2v) is 4.03. The van der Waals surface area contributed by atoms with Gasteiger partial charge in [0.05, 0.1) is 0 Å². The van der Waals surface area contributed by atoms with Gasteiger partial charge in [-0.3, -0.25) is 4.79 Å². The van der Waals surface area contributed by atoms with E-state index in [9.17, 15) is 4.79 Å². The molecule has 0 aliphatic rings. The van der Waals surface area contributed by atoms with E-state index in [2.05, 4.69) is 5.32 Å². The molecule has 4 nitrogen and oxygen atoms in total. The molecule has 0 atom stereocenters. The molecule has 0 aromatic heterocycles. The Morgan fingerprint density at radius 1 is 1.05 bits per heavy atom. The topological polar surface area (TPSA) is 64.4 Å². The van der Waals surface area contributed by atoms with Crippen LogP contribution in [0.15, 0.2) is 54.6 Å². The Balaban J connectivity index is 1.75. The molecule has 0 radical (unpaired) electrons. The van der Waals surface area contributed by atoms with Gasteiger partial charge in [0.25, 0.3) is 0 Å². The lowest BCUT2D eigenvalue weighted by atomic mass is 10.2. The van der Waals surface area contributed by atoms with Crippen LogP contribution in [0.5, 0.6) is 5.75 Å². The van der Waals surface area contributed by atoms with Crippen molar-refractivity contribution in [2.24, 2.45) is 5.73 Å². The fourth-order valence-electron chi connectivity index (χ4n) is 1.63. The van der Waals surface area contributed by atoms with Crippen LogP contribution in [0.1, 0.15) is 10.4 Å². The lowest BCUT2D eigenvalue weighted by Crippen LogP contribution is -2.12. The first-order valence-corrected chi connectivity index (χ1v) is 6.07. The number of benzene rings is 2. The molecule has 2 rings (SSSR count). The first-order chi connectivity index (χ1) is 9.25. The summed E-state index contributed by atoms with van der Waals surface area (Å²) in [5.41, 5.74) is 6.61. The highest BCUT2D eigenvalue weighted by Crippen LogP contribution is 2.10. The van der Waals surface area contributed by atoms with Crippen LogP contribution < -0.4 is 15.8 Å². The quantitative estimate of drug-likeness (QED) is 0.779. The van der Waals surface area contributed by atoms with E-state index >= 15 is 0 Å². The standard InChI is InChI=1S/C15H16N2O2/c16-15(18)12-6-8-13(9-7-12)17-10-11-19-14-4-2-1-3-5-14/h1-9,17H,10-11H2,(H2,16,18). The van der Waals surface area contributed by atoms with Crippen molar-refractivity contribution in [3.8, 4) is 5.75 Å². The Morgan fingerprint density at radius 2 is 1.74 bits per heavy atom. The summed E-state index contributed by atoms with van der Waals surface area (Å²) in [5.74, 6) is 0.437. The maximum atomic E-state index is 10.9. The zero-order valence-electron chi connectivity index (χ0n) is 10.5. The molecule has 0 unspecified atom stereocenters. The van der Waals surface area contributed by atoms with Gasteiger partial charge in [-0.15, -0.1) is 0 Å². The molecule has 0 bridgehead atoms. The summed E-state index contributed by atoms with van der Waals surface area (Å²) in [6.45, 7) is 1.26. The second-order valence-electron chi connectivity index (χ2n) is 4.03. The van der Waals surface area contributed by atoms with Gasteiger partial charge in [0.15, 0.2) is 0 Å². The Labute approximate surface area is 112 Å². The van der Waals surface area contributed by atoms with E-state index in [0.717, 1.165) is 11.4 Å². The van der Waals surface area contributed by atoms with Crippen molar-refractivity contribution < 1.29 is 9.53 Å². The molecule has 0 aliphatic carbocycles. The highest BCUT2D eigenvalue weighted by molar-refractivity contribution is 5.93. The van der Waals surface area contributed by atoms with Crippen LogP contribution >= 0.6 is 0 Å². The number of ether oxygens (including phenoxy) is 1. The van der Waals surface area contributed by atoms with E-state index < -0.39 is 5.91 Å². The lowest BCUT2D eigenvalue weighted by molar-refractivity contribution is 0.100. The van der Waals surface area contributed by atoms with Crippen LogP contribution in [-0.4, -0.2) is 19.1 Å². The first kappa shape index (κ1) is 13.0. The first-order valence-electron chi connectivity index (χ1n) is 6.07. The number of nitrogens with two attached hydrogens (primary N) is 1. The minimum Gasteiger partial charge on any atom is -0.492 e. The van der Waals surface area contributed by atoms with Gasteiger partial charge < -0.3 is 15.8 Å². The van der Waals surface area contributed by atoms with Crippen LogP contribution in [0, 0.1) is 0 Å². The van der Waals surface area contributed by atoms with Crippen molar-refractivity contribution in [2.45, 2.75) is 0 Å². The largest absolute Gasteiger partial charge is 0.492 e. The summed E-state index contributed by atoms with van der Waals surface area (Å²) in [6, 6.07) is 16.7. The average molecular weight is 256 g/mol. The Morgan fingerprint density at radius 3 is 2.37 bits per heavy atom. The van der Waals surface area contributed by atoms with Gasteiger partial charge in [0.2, 0.25) is 5.91 Å². The Bertz CT molecular complexity index is 524. The third kappa shape index (κ3) is 4.03. The molecule has 19 heavy (non-hydrogen) atoms. The van der Waals surface area contributed by atoms with Gasteiger partial charge in [-0.1, -0.05) is 18.2 Å². The summed E-state index contributed by atoms with van der Waals surface area (Å²) >= 11 is 0. The minimum atomic E-state index is -0.418. The molecule has 98 valence electrons. The fraction of sp³-hybridized carbons (Fsp3) is 0.133. The van der Waals surface area contributed by atoms with Crippen LogP contribution in [0.4, 0.5) is 5.69 Å². The molecule has 1 amide bonds. The van der Waals surface area contributed by atoms with Gasteiger partial charge in [-0.2, -0.15) is 0 Å². The number of carbonyl (C=O) groups is 1. The zero-order valence-corrected chi connectivity index (χ0v) is 10.5. The lowest BCUT2D eigenvalue weighted by Gasteiger charge is -2.08. The number of hydrogen-bond donors (Lipinski definition) is 2. The number of amides is 1. The molecular weight excluding hydrogens is 240 g/mol. The average Bonchev–Trinajstić information content (AvgIpc) is 2.45. The summed E-state index contributed by atoms with van der Waals surface area (Å²) in [7, 11) is 0. The third-order valence-electron chi connectivity index (χ3n) is 2.61. The molecule has 0 fully saturated rings. The minimum absolute atomic E-state index is 0.418. The van der Waals surface area contributed by atoms with E-state index in [1.54, 1.807) is 12.1 Å². The van der Waals surface area contributed by atoms with Gasteiger partial charge >= 0.3 is 0 Å². The number of nitrogens with one attached hydrogen (secondary N) is 1. The van der Waals surface area contributed by atoms with Gasteiger partial charge in [-0.05, 0) is 36.4 Å². The molecule has 0 heterocycles. The number of anilines is 1. The maximum absolute atomic E-state index is 10.9. The fourth-order valence-corrected chi connectivity index (χ4v) is 1.63. The van der Waals surface area contributed by atoms with E-state index in [0.29, 0.717) is 18.7 Å². The maximum Gasteiger partial charge on any atom is 0.248 e. The number of primary amides is 1. The molecule has 0 spiro atoms. The van der Waals surface area contributed by atoms with Gasteiger partial charge in [0, 0.05) is 17.8 Å². The second kappa shape index (κ2) is 6.44. The predicted molar refractivity (Wildman–Crippen MR) is 75.4 cm³/mol. The number of carbonyl (C=O) groups excluding carboxylic acids is 1. The van der Waals surface area contributed by atoms with Crippen LogP contribution in [0.3, 0.4) is 0 Å². The van der Waals surface area contributed by atoms with Gasteiger partial charge in [-0.25, -0.2) is 0 Å². The van der Waals surface area contributed by atoms with Crippen molar-refractivity contribution in [1.82, 2.24) is 0 Å². The van der Waals surface area contributed by atoms with Gasteiger partial charge in [0.1, 0.15) is 12.4 Å². The van der Waals surface area contributed by atoms with Crippen LogP contribution in [0.2, 0.25) is 0 Å². The summed E-state index contributed by atoms with van der Waals surface area (Å²) < 4.78 is 5.55.